The van der Waals surface area contributed by atoms with Crippen molar-refractivity contribution in [3.63, 3.8) is 0 Å². The molecule has 0 aliphatic heterocycles. The summed E-state index contributed by atoms with van der Waals surface area (Å²) in [6.45, 7) is 2.13. The zero-order chi connectivity index (χ0) is 11.1. The molecule has 3 heteroatoms. The normalized spacial score (nSPS) is 10.5. The molecule has 0 aliphatic carbocycles. The van der Waals surface area contributed by atoms with E-state index in [0.29, 0.717) is 5.56 Å². The Labute approximate surface area is 89.5 Å². The van der Waals surface area contributed by atoms with Gasteiger partial charge in [-0.2, -0.15) is 5.90 Å². The Kier molecular flexibility index (Phi) is 4.57. The highest BCUT2D eigenvalue weighted by atomic mass is 16.7. The first-order chi connectivity index (χ1) is 7.27. The first-order valence-corrected chi connectivity index (χ1v) is 4.95. The topological polar surface area (TPSA) is 52.3 Å². The molecule has 0 bridgehead atoms. The van der Waals surface area contributed by atoms with Gasteiger partial charge in [0.15, 0.2) is 0 Å². The van der Waals surface area contributed by atoms with Crippen molar-refractivity contribution in [1.29, 1.82) is 0 Å². The molecule has 0 aliphatic rings. The van der Waals surface area contributed by atoms with Crippen molar-refractivity contribution >= 4 is 12.0 Å². The molecule has 3 nitrogen and oxygen atoms in total. The summed E-state index contributed by atoms with van der Waals surface area (Å²) >= 11 is 0. The molecule has 0 aromatic heterocycles. The van der Waals surface area contributed by atoms with Crippen molar-refractivity contribution in [3.05, 3.63) is 41.5 Å². The van der Waals surface area contributed by atoms with Gasteiger partial charge < -0.3 is 4.84 Å². The van der Waals surface area contributed by atoms with Crippen LogP contribution < -0.4 is 5.90 Å². The minimum absolute atomic E-state index is 0.463. The van der Waals surface area contributed by atoms with Gasteiger partial charge >= 0.3 is 5.97 Å². The third kappa shape index (κ3) is 3.56. The number of carbonyl (C=O) groups is 1. The number of carbonyl (C=O) groups excluding carboxylic acids is 1. The van der Waals surface area contributed by atoms with Gasteiger partial charge in [0.05, 0.1) is 5.56 Å². The fourth-order valence-electron chi connectivity index (χ4n) is 1.18. The van der Waals surface area contributed by atoms with Crippen LogP contribution in [-0.2, 0) is 4.84 Å². The highest BCUT2D eigenvalue weighted by Gasteiger charge is 2.03. The van der Waals surface area contributed by atoms with E-state index in [9.17, 15) is 4.79 Å². The molecule has 80 valence electrons. The number of allylic oxidation sites excluding steroid dienone is 1. The Hall–Kier alpha value is -1.61. The number of hydrogen-bond acceptors (Lipinski definition) is 3. The molecule has 0 fully saturated rings. The third-order valence-corrected chi connectivity index (χ3v) is 2.02. The molecule has 0 radical (unpaired) electrons. The van der Waals surface area contributed by atoms with Crippen LogP contribution in [0.1, 0.15) is 35.7 Å². The average Bonchev–Trinajstić information content (AvgIpc) is 2.29. The number of rotatable bonds is 4. The maximum absolute atomic E-state index is 11.0. The van der Waals surface area contributed by atoms with E-state index in [-0.39, 0.29) is 0 Å². The fraction of sp³-hybridized carbons (Fsp3) is 0.250. The lowest BCUT2D eigenvalue weighted by atomic mass is 10.1. The molecule has 1 rings (SSSR count). The first kappa shape index (κ1) is 11.5. The minimum atomic E-state index is -0.515. The van der Waals surface area contributed by atoms with E-state index < -0.39 is 5.97 Å². The number of unbranched alkanes of at least 4 members (excludes halogenated alkanes) is 1. The van der Waals surface area contributed by atoms with Crippen LogP contribution in [0.2, 0.25) is 0 Å². The van der Waals surface area contributed by atoms with Crippen molar-refractivity contribution in [3.8, 4) is 0 Å². The Morgan fingerprint density at radius 1 is 1.40 bits per heavy atom. The Morgan fingerprint density at radius 3 is 2.60 bits per heavy atom. The summed E-state index contributed by atoms with van der Waals surface area (Å²) in [5.41, 5.74) is 1.53. The second-order valence-electron chi connectivity index (χ2n) is 3.22. The number of nitrogens with two attached hydrogens (primary N) is 1. The lowest BCUT2D eigenvalue weighted by molar-refractivity contribution is 0.0503. The van der Waals surface area contributed by atoms with Gasteiger partial charge in [-0.15, -0.1) is 0 Å². The van der Waals surface area contributed by atoms with E-state index in [1.165, 1.54) is 0 Å². The second kappa shape index (κ2) is 5.98. The molecule has 2 N–H and O–H groups in total. The third-order valence-electron chi connectivity index (χ3n) is 2.02. The highest BCUT2D eigenvalue weighted by Crippen LogP contribution is 2.07. The Balaban J connectivity index is 2.68. The Morgan fingerprint density at radius 2 is 2.07 bits per heavy atom. The molecule has 1 aromatic carbocycles. The lowest BCUT2D eigenvalue weighted by Gasteiger charge is -1.98. The van der Waals surface area contributed by atoms with Crippen LogP contribution >= 0.6 is 0 Å². The molecule has 0 amide bonds. The van der Waals surface area contributed by atoms with Gasteiger partial charge in [-0.1, -0.05) is 37.6 Å². The van der Waals surface area contributed by atoms with Crippen molar-refractivity contribution in [1.82, 2.24) is 0 Å². The van der Waals surface area contributed by atoms with Gasteiger partial charge in [0.2, 0.25) is 0 Å². The van der Waals surface area contributed by atoms with E-state index >= 15 is 0 Å². The summed E-state index contributed by atoms with van der Waals surface area (Å²) in [5, 5.41) is 0. The monoisotopic (exact) mass is 205 g/mol. The lowest BCUT2D eigenvalue weighted by Crippen LogP contribution is -2.09. The maximum Gasteiger partial charge on any atom is 0.356 e. The number of hydrogen-bond donors (Lipinski definition) is 1. The van der Waals surface area contributed by atoms with Crippen molar-refractivity contribution in [2.24, 2.45) is 5.90 Å². The zero-order valence-corrected chi connectivity index (χ0v) is 8.77. The van der Waals surface area contributed by atoms with E-state index in [1.807, 2.05) is 18.2 Å². The van der Waals surface area contributed by atoms with Gasteiger partial charge in [-0.3, -0.25) is 0 Å². The molecule has 1 aromatic rings. The van der Waals surface area contributed by atoms with Gasteiger partial charge in [-0.05, 0) is 24.1 Å². The maximum atomic E-state index is 11.0. The van der Waals surface area contributed by atoms with Crippen molar-refractivity contribution < 1.29 is 9.63 Å². The predicted octanol–water partition coefficient (Wildman–Crippen LogP) is 2.53. The van der Waals surface area contributed by atoms with Crippen LogP contribution in [0.25, 0.3) is 6.08 Å². The molecule has 0 spiro atoms. The highest BCUT2D eigenvalue weighted by molar-refractivity contribution is 5.89. The smallest absolute Gasteiger partial charge is 0.356 e. The summed E-state index contributed by atoms with van der Waals surface area (Å²) in [5.74, 6) is 4.26. The second-order valence-corrected chi connectivity index (χ2v) is 3.22. The summed E-state index contributed by atoms with van der Waals surface area (Å²) < 4.78 is 0. The summed E-state index contributed by atoms with van der Waals surface area (Å²) in [4.78, 5) is 15.1. The molecule has 0 saturated carbocycles. The van der Waals surface area contributed by atoms with Gasteiger partial charge in [-0.25, -0.2) is 4.79 Å². The molecule has 0 saturated heterocycles. The summed E-state index contributed by atoms with van der Waals surface area (Å²) in [6.07, 6.45) is 6.33. The average molecular weight is 205 g/mol. The molecular weight excluding hydrogens is 190 g/mol. The zero-order valence-electron chi connectivity index (χ0n) is 8.77. The van der Waals surface area contributed by atoms with Crippen LogP contribution in [0.4, 0.5) is 0 Å². The van der Waals surface area contributed by atoms with Crippen LogP contribution in [0.5, 0.6) is 0 Å². The molecule has 0 unspecified atom stereocenters. The van der Waals surface area contributed by atoms with Gasteiger partial charge in [0.1, 0.15) is 0 Å². The number of benzene rings is 1. The van der Waals surface area contributed by atoms with E-state index in [4.69, 9.17) is 5.90 Å². The van der Waals surface area contributed by atoms with Crippen LogP contribution in [-0.4, -0.2) is 5.97 Å². The van der Waals surface area contributed by atoms with Crippen LogP contribution in [0.15, 0.2) is 30.3 Å². The summed E-state index contributed by atoms with van der Waals surface area (Å²) in [6, 6.07) is 7.11. The van der Waals surface area contributed by atoms with Gasteiger partial charge in [0, 0.05) is 0 Å². The van der Waals surface area contributed by atoms with Crippen LogP contribution in [0, 0.1) is 0 Å². The predicted molar refractivity (Wildman–Crippen MR) is 60.0 cm³/mol. The molecule has 0 atom stereocenters. The first-order valence-electron chi connectivity index (χ1n) is 4.95. The minimum Gasteiger partial charge on any atom is -0.370 e. The summed E-state index contributed by atoms with van der Waals surface area (Å²) in [7, 11) is 0. The SMILES string of the molecule is CCCC=Cc1ccc(C(=O)ON)cc1. The van der Waals surface area contributed by atoms with Crippen molar-refractivity contribution in [2.75, 3.05) is 0 Å². The fourth-order valence-corrected chi connectivity index (χ4v) is 1.18. The van der Waals surface area contributed by atoms with Crippen molar-refractivity contribution in [2.45, 2.75) is 19.8 Å². The van der Waals surface area contributed by atoms with E-state index in [0.717, 1.165) is 18.4 Å². The van der Waals surface area contributed by atoms with Gasteiger partial charge in [0.25, 0.3) is 0 Å². The quantitative estimate of drug-likeness (QED) is 0.768. The van der Waals surface area contributed by atoms with E-state index in [2.05, 4.69) is 17.8 Å². The van der Waals surface area contributed by atoms with E-state index in [1.54, 1.807) is 12.1 Å². The van der Waals surface area contributed by atoms with Crippen LogP contribution in [0.3, 0.4) is 0 Å². The molecule has 0 heterocycles. The largest absolute Gasteiger partial charge is 0.370 e. The Bertz CT molecular complexity index is 341. The molecule has 15 heavy (non-hydrogen) atoms. The molecular formula is C12H15NO2. The standard InChI is InChI=1S/C12H15NO2/c1-2-3-4-5-10-6-8-11(9-7-10)12(14)15-13/h4-9H,2-3,13H2,1H3.